The van der Waals surface area contributed by atoms with Crippen molar-refractivity contribution in [2.75, 3.05) is 0 Å². The Bertz CT molecular complexity index is 814. The van der Waals surface area contributed by atoms with Crippen LogP contribution in [0.25, 0.3) is 11.3 Å². The summed E-state index contributed by atoms with van der Waals surface area (Å²) in [5.41, 5.74) is 3.12. The summed E-state index contributed by atoms with van der Waals surface area (Å²) in [4.78, 5) is 21.6. The van der Waals surface area contributed by atoms with Crippen molar-refractivity contribution in [3.8, 4) is 11.3 Å². The number of carbonyl (C=O) groups excluding carboxylic acids is 1. The highest BCUT2D eigenvalue weighted by molar-refractivity contribution is 5.66. The van der Waals surface area contributed by atoms with Crippen LogP contribution in [0.5, 0.6) is 0 Å². The second kappa shape index (κ2) is 6.39. The number of pyridine rings is 1. The van der Waals surface area contributed by atoms with Crippen LogP contribution < -0.4 is 4.84 Å². The summed E-state index contributed by atoms with van der Waals surface area (Å²) in [7, 11) is 0. The monoisotopic (exact) mass is 311 g/mol. The Morgan fingerprint density at radius 2 is 1.87 bits per heavy atom. The number of rotatable bonds is 4. The zero-order chi connectivity index (χ0) is 16.2. The predicted molar refractivity (Wildman–Crippen MR) is 81.9 cm³/mol. The lowest BCUT2D eigenvalue weighted by Crippen LogP contribution is -2.20. The standard InChI is InChI=1S/C17H14FN3O2/c1-12(22)23-21-16(10-13-2-4-15(18)5-3-13)11-17(20-21)14-6-8-19-9-7-14/h2-9,11H,10H2,1H3. The Kier molecular flexibility index (Phi) is 4.14. The second-order valence-electron chi connectivity index (χ2n) is 5.02. The molecule has 0 unspecified atom stereocenters. The van der Waals surface area contributed by atoms with E-state index < -0.39 is 5.97 Å². The van der Waals surface area contributed by atoms with Crippen molar-refractivity contribution < 1.29 is 14.0 Å². The number of carbonyl (C=O) groups is 1. The molecule has 6 heteroatoms. The van der Waals surface area contributed by atoms with Crippen LogP contribution in [-0.4, -0.2) is 20.9 Å². The normalized spacial score (nSPS) is 10.5. The zero-order valence-electron chi connectivity index (χ0n) is 12.4. The molecule has 2 aromatic heterocycles. The molecule has 0 aliphatic rings. The highest BCUT2D eigenvalue weighted by Gasteiger charge is 2.13. The average molecular weight is 311 g/mol. The molecule has 0 spiro atoms. The van der Waals surface area contributed by atoms with Gasteiger partial charge in [0.1, 0.15) is 5.82 Å². The van der Waals surface area contributed by atoms with Crippen molar-refractivity contribution in [1.82, 2.24) is 14.9 Å². The molecule has 23 heavy (non-hydrogen) atoms. The summed E-state index contributed by atoms with van der Waals surface area (Å²) in [6.45, 7) is 1.31. The first kappa shape index (κ1) is 14.9. The molecule has 0 aliphatic carbocycles. The molecular weight excluding hydrogens is 297 g/mol. The van der Waals surface area contributed by atoms with E-state index in [1.54, 1.807) is 24.5 Å². The van der Waals surface area contributed by atoms with Crippen LogP contribution in [0.4, 0.5) is 4.39 Å². The summed E-state index contributed by atoms with van der Waals surface area (Å²) >= 11 is 0. The molecule has 3 rings (SSSR count). The van der Waals surface area contributed by atoms with Crippen molar-refractivity contribution in [1.29, 1.82) is 0 Å². The van der Waals surface area contributed by atoms with Gasteiger partial charge in [0.2, 0.25) is 0 Å². The van der Waals surface area contributed by atoms with Crippen molar-refractivity contribution >= 4 is 5.97 Å². The number of nitrogens with zero attached hydrogens (tertiary/aromatic N) is 3. The molecule has 0 radical (unpaired) electrons. The lowest BCUT2D eigenvalue weighted by Gasteiger charge is -2.05. The third-order valence-corrected chi connectivity index (χ3v) is 3.24. The molecule has 0 fully saturated rings. The molecule has 0 bridgehead atoms. The molecule has 0 amide bonds. The van der Waals surface area contributed by atoms with Crippen LogP contribution in [-0.2, 0) is 11.2 Å². The molecule has 2 heterocycles. The Balaban J connectivity index is 1.95. The van der Waals surface area contributed by atoms with Gasteiger partial charge >= 0.3 is 5.97 Å². The fraction of sp³-hybridized carbons (Fsp3) is 0.118. The average Bonchev–Trinajstić information content (AvgIpc) is 2.92. The third kappa shape index (κ3) is 3.60. The van der Waals surface area contributed by atoms with E-state index in [9.17, 15) is 9.18 Å². The van der Waals surface area contributed by atoms with Crippen LogP contribution >= 0.6 is 0 Å². The lowest BCUT2D eigenvalue weighted by molar-refractivity contribution is -0.143. The van der Waals surface area contributed by atoms with E-state index in [0.717, 1.165) is 11.1 Å². The first-order chi connectivity index (χ1) is 11.1. The van der Waals surface area contributed by atoms with Gasteiger partial charge in [0.25, 0.3) is 0 Å². The van der Waals surface area contributed by atoms with E-state index in [0.29, 0.717) is 17.8 Å². The molecule has 0 N–H and O–H groups in total. The molecule has 0 atom stereocenters. The number of benzene rings is 1. The van der Waals surface area contributed by atoms with Crippen molar-refractivity contribution in [2.45, 2.75) is 13.3 Å². The van der Waals surface area contributed by atoms with Gasteiger partial charge in [0, 0.05) is 31.3 Å². The molecule has 5 nitrogen and oxygen atoms in total. The van der Waals surface area contributed by atoms with Crippen molar-refractivity contribution in [2.24, 2.45) is 0 Å². The maximum atomic E-state index is 13.0. The van der Waals surface area contributed by atoms with Gasteiger partial charge in [-0.3, -0.25) is 4.98 Å². The first-order valence-corrected chi connectivity index (χ1v) is 7.04. The minimum atomic E-state index is -0.463. The largest absolute Gasteiger partial charge is 0.331 e. The molecular formula is C17H14FN3O2. The Hall–Kier alpha value is -3.02. The minimum absolute atomic E-state index is 0.292. The molecule has 0 aliphatic heterocycles. The topological polar surface area (TPSA) is 57.0 Å². The zero-order valence-corrected chi connectivity index (χ0v) is 12.4. The van der Waals surface area contributed by atoms with Crippen LogP contribution in [0, 0.1) is 5.82 Å². The summed E-state index contributed by atoms with van der Waals surface area (Å²) in [6, 6.07) is 11.6. The van der Waals surface area contributed by atoms with Gasteiger partial charge in [-0.1, -0.05) is 17.0 Å². The fourth-order valence-electron chi connectivity index (χ4n) is 2.20. The third-order valence-electron chi connectivity index (χ3n) is 3.24. The van der Waals surface area contributed by atoms with E-state index in [2.05, 4.69) is 10.1 Å². The fourth-order valence-corrected chi connectivity index (χ4v) is 2.20. The van der Waals surface area contributed by atoms with Gasteiger partial charge in [-0.25, -0.2) is 9.18 Å². The Labute approximate surface area is 132 Å². The van der Waals surface area contributed by atoms with Crippen molar-refractivity contribution in [3.63, 3.8) is 0 Å². The second-order valence-corrected chi connectivity index (χ2v) is 5.02. The van der Waals surface area contributed by atoms with Gasteiger partial charge in [0.15, 0.2) is 0 Å². The lowest BCUT2D eigenvalue weighted by atomic mass is 10.1. The maximum Gasteiger partial charge on any atom is 0.331 e. The van der Waals surface area contributed by atoms with Gasteiger partial charge < -0.3 is 4.84 Å². The Morgan fingerprint density at radius 3 is 2.52 bits per heavy atom. The summed E-state index contributed by atoms with van der Waals surface area (Å²) in [6.07, 6.45) is 3.80. The van der Waals surface area contributed by atoms with Gasteiger partial charge in [0.05, 0.1) is 11.4 Å². The van der Waals surface area contributed by atoms with Crippen LogP contribution in [0.15, 0.2) is 54.9 Å². The summed E-state index contributed by atoms with van der Waals surface area (Å²) in [5, 5.41) is 4.31. The quantitative estimate of drug-likeness (QED) is 0.743. The highest BCUT2D eigenvalue weighted by Crippen LogP contribution is 2.20. The Morgan fingerprint density at radius 1 is 1.17 bits per heavy atom. The van der Waals surface area contributed by atoms with E-state index in [-0.39, 0.29) is 5.82 Å². The first-order valence-electron chi connectivity index (χ1n) is 7.04. The summed E-state index contributed by atoms with van der Waals surface area (Å²) < 4.78 is 13.0. The molecule has 116 valence electrons. The van der Waals surface area contributed by atoms with E-state index in [4.69, 9.17) is 4.84 Å². The predicted octanol–water partition coefficient (Wildman–Crippen LogP) is 2.65. The van der Waals surface area contributed by atoms with E-state index in [1.807, 2.05) is 18.2 Å². The molecule has 1 aromatic carbocycles. The molecule has 0 saturated carbocycles. The number of hydrogen-bond donors (Lipinski definition) is 0. The van der Waals surface area contributed by atoms with Crippen LogP contribution in [0.2, 0.25) is 0 Å². The number of hydrogen-bond acceptors (Lipinski definition) is 4. The van der Waals surface area contributed by atoms with Crippen molar-refractivity contribution in [3.05, 3.63) is 71.9 Å². The van der Waals surface area contributed by atoms with Crippen LogP contribution in [0.3, 0.4) is 0 Å². The molecule has 0 saturated heterocycles. The van der Waals surface area contributed by atoms with Gasteiger partial charge in [-0.05, 0) is 35.9 Å². The van der Waals surface area contributed by atoms with Crippen LogP contribution in [0.1, 0.15) is 18.2 Å². The maximum absolute atomic E-state index is 13.0. The number of aromatic nitrogens is 3. The SMILES string of the molecule is CC(=O)On1nc(-c2ccncc2)cc1Cc1ccc(F)cc1. The smallest absolute Gasteiger partial charge is 0.319 e. The highest BCUT2D eigenvalue weighted by atomic mass is 19.1. The van der Waals surface area contributed by atoms with Gasteiger partial charge in [-0.2, -0.15) is 0 Å². The number of halogens is 1. The van der Waals surface area contributed by atoms with E-state index in [1.165, 1.54) is 23.9 Å². The van der Waals surface area contributed by atoms with E-state index >= 15 is 0 Å². The molecule has 3 aromatic rings. The minimum Gasteiger partial charge on any atom is -0.319 e. The van der Waals surface area contributed by atoms with Gasteiger partial charge in [-0.15, -0.1) is 5.10 Å². The summed E-state index contributed by atoms with van der Waals surface area (Å²) in [5.74, 6) is -0.755.